The van der Waals surface area contributed by atoms with Crippen LogP contribution in [-0.4, -0.2) is 18.1 Å². The number of ether oxygens (including phenoxy) is 1. The average molecular weight is 472 g/mol. The van der Waals surface area contributed by atoms with Crippen LogP contribution >= 0.6 is 27.5 Å². The summed E-state index contributed by atoms with van der Waals surface area (Å²) in [6.07, 6.45) is 1.41. The molecule has 0 atom stereocenters. The Balaban J connectivity index is 1.77. The molecule has 7 heteroatoms. The number of aryl methyl sites for hydroxylation is 1. The first-order valence-electron chi connectivity index (χ1n) is 8.61. The Morgan fingerprint density at radius 2 is 1.72 bits per heavy atom. The van der Waals surface area contributed by atoms with E-state index in [-0.39, 0.29) is 17.2 Å². The Morgan fingerprint density at radius 3 is 2.45 bits per heavy atom. The predicted molar refractivity (Wildman–Crippen MR) is 117 cm³/mol. The summed E-state index contributed by atoms with van der Waals surface area (Å²) in [4.78, 5) is 24.7. The summed E-state index contributed by atoms with van der Waals surface area (Å²) in [7, 11) is 0. The van der Waals surface area contributed by atoms with Gasteiger partial charge in [0.25, 0.3) is 5.91 Å². The van der Waals surface area contributed by atoms with E-state index in [9.17, 15) is 9.59 Å². The quantitative estimate of drug-likeness (QED) is 0.235. The number of carbonyl (C=O) groups is 2. The summed E-state index contributed by atoms with van der Waals surface area (Å²) >= 11 is 9.43. The number of halogens is 2. The standard InChI is InChI=1S/C22H16BrClN2O3/c1-14-6-2-3-7-17(14)21(27)26-25-13-15-12-16(23)10-11-20(15)29-22(28)18-8-4-5-9-19(18)24/h2-13H,1H3,(H,26,27)/b25-13+. The first kappa shape index (κ1) is 20.8. The number of carbonyl (C=O) groups excluding carboxylic acids is 2. The van der Waals surface area contributed by atoms with Crippen molar-refractivity contribution in [2.75, 3.05) is 0 Å². The van der Waals surface area contributed by atoms with Gasteiger partial charge in [-0.3, -0.25) is 4.79 Å². The van der Waals surface area contributed by atoms with Gasteiger partial charge in [-0.2, -0.15) is 5.10 Å². The smallest absolute Gasteiger partial charge is 0.345 e. The van der Waals surface area contributed by atoms with Crippen molar-refractivity contribution in [2.45, 2.75) is 6.92 Å². The fourth-order valence-corrected chi connectivity index (χ4v) is 3.13. The zero-order chi connectivity index (χ0) is 20.8. The number of amides is 1. The van der Waals surface area contributed by atoms with Crippen molar-refractivity contribution in [1.29, 1.82) is 0 Å². The first-order chi connectivity index (χ1) is 14.0. The Kier molecular flexibility index (Phi) is 6.80. The number of esters is 1. The maximum Gasteiger partial charge on any atom is 0.345 e. The molecule has 1 amide bonds. The van der Waals surface area contributed by atoms with Gasteiger partial charge in [0, 0.05) is 15.6 Å². The molecule has 0 radical (unpaired) electrons. The van der Waals surface area contributed by atoms with Gasteiger partial charge < -0.3 is 4.74 Å². The van der Waals surface area contributed by atoms with E-state index >= 15 is 0 Å². The van der Waals surface area contributed by atoms with Crippen LogP contribution in [0.4, 0.5) is 0 Å². The molecule has 0 aromatic heterocycles. The van der Waals surface area contributed by atoms with Crippen LogP contribution in [0.2, 0.25) is 5.02 Å². The molecule has 0 unspecified atom stereocenters. The summed E-state index contributed by atoms with van der Waals surface area (Å²) in [6, 6.07) is 18.9. The second-order valence-corrected chi connectivity index (χ2v) is 7.39. The van der Waals surface area contributed by atoms with Crippen molar-refractivity contribution in [3.8, 4) is 5.75 Å². The molecule has 0 spiro atoms. The lowest BCUT2D eigenvalue weighted by Crippen LogP contribution is -2.18. The Labute approximate surface area is 181 Å². The zero-order valence-electron chi connectivity index (χ0n) is 15.4. The highest BCUT2D eigenvalue weighted by Gasteiger charge is 2.14. The van der Waals surface area contributed by atoms with Crippen molar-refractivity contribution >= 4 is 45.6 Å². The van der Waals surface area contributed by atoms with E-state index in [1.807, 2.05) is 19.1 Å². The molecule has 0 saturated carbocycles. The van der Waals surface area contributed by atoms with Crippen molar-refractivity contribution in [2.24, 2.45) is 5.10 Å². The number of rotatable bonds is 5. The first-order valence-corrected chi connectivity index (χ1v) is 9.78. The van der Waals surface area contributed by atoms with Gasteiger partial charge in [-0.05, 0) is 48.9 Å². The van der Waals surface area contributed by atoms with Crippen LogP contribution in [0.5, 0.6) is 5.75 Å². The molecule has 29 heavy (non-hydrogen) atoms. The van der Waals surface area contributed by atoms with Gasteiger partial charge in [-0.25, -0.2) is 10.2 Å². The van der Waals surface area contributed by atoms with E-state index in [4.69, 9.17) is 16.3 Å². The molecular weight excluding hydrogens is 456 g/mol. The Morgan fingerprint density at radius 1 is 1.03 bits per heavy atom. The normalized spacial score (nSPS) is 10.7. The molecule has 0 fully saturated rings. The lowest BCUT2D eigenvalue weighted by atomic mass is 10.1. The molecule has 0 saturated heterocycles. The number of nitrogens with one attached hydrogen (secondary N) is 1. The molecule has 0 aliphatic rings. The van der Waals surface area contributed by atoms with Crippen LogP contribution in [0, 0.1) is 6.92 Å². The number of hydrazone groups is 1. The summed E-state index contributed by atoms with van der Waals surface area (Å²) in [5.74, 6) is -0.632. The number of nitrogens with zero attached hydrogens (tertiary/aromatic N) is 1. The molecule has 3 aromatic rings. The molecule has 3 rings (SSSR count). The zero-order valence-corrected chi connectivity index (χ0v) is 17.7. The molecule has 3 aromatic carbocycles. The molecule has 0 heterocycles. The molecule has 0 bridgehead atoms. The summed E-state index contributed by atoms with van der Waals surface area (Å²) in [5.41, 5.74) is 4.62. The largest absolute Gasteiger partial charge is 0.422 e. The van der Waals surface area contributed by atoms with Crippen molar-refractivity contribution in [1.82, 2.24) is 5.43 Å². The number of hydrogen-bond donors (Lipinski definition) is 1. The van der Waals surface area contributed by atoms with Gasteiger partial charge in [-0.1, -0.05) is 57.9 Å². The maximum atomic E-state index is 12.4. The second kappa shape index (κ2) is 9.49. The highest BCUT2D eigenvalue weighted by atomic mass is 79.9. The Bertz CT molecular complexity index is 1100. The molecular formula is C22H16BrClN2O3. The third kappa shape index (κ3) is 5.31. The summed E-state index contributed by atoms with van der Waals surface area (Å²) in [6.45, 7) is 1.85. The fraction of sp³-hybridized carbons (Fsp3) is 0.0455. The van der Waals surface area contributed by atoms with E-state index in [1.54, 1.807) is 54.6 Å². The number of hydrogen-bond acceptors (Lipinski definition) is 4. The van der Waals surface area contributed by atoms with E-state index in [0.717, 1.165) is 10.0 Å². The van der Waals surface area contributed by atoms with Gasteiger partial charge in [0.2, 0.25) is 0 Å². The van der Waals surface area contributed by atoms with Crippen LogP contribution in [0.3, 0.4) is 0 Å². The monoisotopic (exact) mass is 470 g/mol. The van der Waals surface area contributed by atoms with Crippen LogP contribution in [-0.2, 0) is 0 Å². The summed E-state index contributed by atoms with van der Waals surface area (Å²) < 4.78 is 6.25. The molecule has 146 valence electrons. The predicted octanol–water partition coefficient (Wildman–Crippen LogP) is 5.39. The summed E-state index contributed by atoms with van der Waals surface area (Å²) in [5, 5.41) is 4.30. The van der Waals surface area contributed by atoms with Gasteiger partial charge in [0.15, 0.2) is 0 Å². The third-order valence-electron chi connectivity index (χ3n) is 4.03. The lowest BCUT2D eigenvalue weighted by Gasteiger charge is -2.09. The SMILES string of the molecule is Cc1ccccc1C(=O)N/N=C/c1cc(Br)ccc1OC(=O)c1ccccc1Cl. The van der Waals surface area contributed by atoms with E-state index in [0.29, 0.717) is 16.1 Å². The average Bonchev–Trinajstić information content (AvgIpc) is 2.70. The minimum atomic E-state index is -0.587. The Hall–Kier alpha value is -2.96. The van der Waals surface area contributed by atoms with Crippen LogP contribution < -0.4 is 10.2 Å². The highest BCUT2D eigenvalue weighted by molar-refractivity contribution is 9.10. The lowest BCUT2D eigenvalue weighted by molar-refractivity contribution is 0.0734. The van der Waals surface area contributed by atoms with Crippen molar-refractivity contribution in [3.05, 3.63) is 98.5 Å². The second-order valence-electron chi connectivity index (χ2n) is 6.07. The van der Waals surface area contributed by atoms with E-state index in [1.165, 1.54) is 6.21 Å². The fourth-order valence-electron chi connectivity index (χ4n) is 2.54. The van der Waals surface area contributed by atoms with Gasteiger partial charge in [0.05, 0.1) is 16.8 Å². The van der Waals surface area contributed by atoms with Gasteiger partial charge in [0.1, 0.15) is 5.75 Å². The topological polar surface area (TPSA) is 67.8 Å². The highest BCUT2D eigenvalue weighted by Crippen LogP contribution is 2.24. The van der Waals surface area contributed by atoms with Crippen LogP contribution in [0.15, 0.2) is 76.3 Å². The van der Waals surface area contributed by atoms with E-state index < -0.39 is 5.97 Å². The number of benzene rings is 3. The van der Waals surface area contributed by atoms with Gasteiger partial charge >= 0.3 is 5.97 Å². The van der Waals surface area contributed by atoms with Crippen molar-refractivity contribution in [3.63, 3.8) is 0 Å². The van der Waals surface area contributed by atoms with Crippen molar-refractivity contribution < 1.29 is 14.3 Å². The molecule has 0 aliphatic carbocycles. The molecule has 5 nitrogen and oxygen atoms in total. The van der Waals surface area contributed by atoms with Crippen LogP contribution in [0.25, 0.3) is 0 Å². The van der Waals surface area contributed by atoms with Crippen LogP contribution in [0.1, 0.15) is 31.8 Å². The maximum absolute atomic E-state index is 12.4. The van der Waals surface area contributed by atoms with E-state index in [2.05, 4.69) is 26.5 Å². The molecule has 0 aliphatic heterocycles. The third-order valence-corrected chi connectivity index (χ3v) is 4.85. The minimum absolute atomic E-state index is 0.257. The molecule has 1 N–H and O–H groups in total. The minimum Gasteiger partial charge on any atom is -0.422 e. The van der Waals surface area contributed by atoms with Gasteiger partial charge in [-0.15, -0.1) is 0 Å².